The second-order valence-electron chi connectivity index (χ2n) is 6.96. The normalized spacial score (nSPS) is 13.9. The fourth-order valence-electron chi connectivity index (χ4n) is 3.45. The number of fused-ring (bicyclic) bond motifs is 1. The van der Waals surface area contributed by atoms with Gasteiger partial charge in [0.2, 0.25) is 0 Å². The summed E-state index contributed by atoms with van der Waals surface area (Å²) < 4.78 is 10.00. The van der Waals surface area contributed by atoms with Crippen LogP contribution in [0.4, 0.5) is 0 Å². The van der Waals surface area contributed by atoms with E-state index in [2.05, 4.69) is 17.4 Å². The van der Waals surface area contributed by atoms with Crippen molar-refractivity contribution in [1.82, 2.24) is 5.32 Å². The van der Waals surface area contributed by atoms with E-state index in [1.807, 2.05) is 13.0 Å². The van der Waals surface area contributed by atoms with Crippen molar-refractivity contribution in [3.63, 3.8) is 0 Å². The molecule has 148 valence electrons. The SMILES string of the molecule is COc1cccc(C(=O)OCC(=O)NC(C)c2ccc3c(c2)CCCC3)c1O. The maximum atomic E-state index is 12.2. The van der Waals surface area contributed by atoms with Gasteiger partial charge in [0, 0.05) is 0 Å². The predicted molar refractivity (Wildman–Crippen MR) is 105 cm³/mol. The number of methoxy groups -OCH3 is 1. The van der Waals surface area contributed by atoms with Gasteiger partial charge in [-0.3, -0.25) is 4.79 Å². The number of carbonyl (C=O) groups is 2. The smallest absolute Gasteiger partial charge is 0.342 e. The number of nitrogens with one attached hydrogen (secondary N) is 1. The first-order valence-electron chi connectivity index (χ1n) is 9.43. The predicted octanol–water partition coefficient (Wildman–Crippen LogP) is 3.31. The van der Waals surface area contributed by atoms with Crippen molar-refractivity contribution in [3.8, 4) is 11.5 Å². The van der Waals surface area contributed by atoms with Crippen LogP contribution in [0.5, 0.6) is 11.5 Å². The molecule has 1 amide bonds. The van der Waals surface area contributed by atoms with Gasteiger partial charge in [-0.25, -0.2) is 4.79 Å². The molecule has 0 heterocycles. The summed E-state index contributed by atoms with van der Waals surface area (Å²) in [6.45, 7) is 1.48. The van der Waals surface area contributed by atoms with Gasteiger partial charge in [0.05, 0.1) is 13.2 Å². The standard InChI is InChI=1S/C22H25NO5/c1-14(16-11-10-15-6-3-4-7-17(15)12-16)23-20(24)13-28-22(26)18-8-5-9-19(27-2)21(18)25/h5,8-12,14,25H,3-4,6-7,13H2,1-2H3,(H,23,24). The molecule has 1 aliphatic rings. The Morgan fingerprint density at radius 3 is 2.64 bits per heavy atom. The van der Waals surface area contributed by atoms with Crippen molar-refractivity contribution in [2.45, 2.75) is 38.6 Å². The largest absolute Gasteiger partial charge is 0.504 e. The van der Waals surface area contributed by atoms with Gasteiger partial charge in [0.1, 0.15) is 5.56 Å². The minimum Gasteiger partial charge on any atom is -0.504 e. The van der Waals surface area contributed by atoms with Crippen LogP contribution in [0.2, 0.25) is 0 Å². The number of hydrogen-bond acceptors (Lipinski definition) is 5. The van der Waals surface area contributed by atoms with Crippen molar-refractivity contribution < 1.29 is 24.2 Å². The highest BCUT2D eigenvalue weighted by Crippen LogP contribution is 2.29. The Morgan fingerprint density at radius 1 is 1.14 bits per heavy atom. The summed E-state index contributed by atoms with van der Waals surface area (Å²) in [6.07, 6.45) is 4.62. The number of para-hydroxylation sites is 1. The minimum atomic E-state index is -0.784. The maximum absolute atomic E-state index is 12.2. The van der Waals surface area contributed by atoms with E-state index in [0.717, 1.165) is 18.4 Å². The van der Waals surface area contributed by atoms with Crippen LogP contribution in [-0.2, 0) is 22.4 Å². The summed E-state index contributed by atoms with van der Waals surface area (Å²) in [6, 6.07) is 10.6. The van der Waals surface area contributed by atoms with E-state index < -0.39 is 18.5 Å². The van der Waals surface area contributed by atoms with E-state index in [4.69, 9.17) is 9.47 Å². The Morgan fingerprint density at radius 2 is 1.89 bits per heavy atom. The van der Waals surface area contributed by atoms with Gasteiger partial charge in [-0.05, 0) is 61.4 Å². The lowest BCUT2D eigenvalue weighted by Crippen LogP contribution is -2.31. The zero-order chi connectivity index (χ0) is 20.1. The van der Waals surface area contributed by atoms with Crippen molar-refractivity contribution >= 4 is 11.9 Å². The van der Waals surface area contributed by atoms with Gasteiger partial charge in [0.15, 0.2) is 18.1 Å². The third-order valence-corrected chi connectivity index (χ3v) is 5.02. The molecule has 0 aliphatic heterocycles. The number of ether oxygens (including phenoxy) is 2. The topological polar surface area (TPSA) is 84.9 Å². The zero-order valence-electron chi connectivity index (χ0n) is 16.2. The van der Waals surface area contributed by atoms with Crippen molar-refractivity contribution in [1.29, 1.82) is 0 Å². The molecular formula is C22H25NO5. The molecule has 0 saturated heterocycles. The number of amides is 1. The molecule has 2 aromatic carbocycles. The highest BCUT2D eigenvalue weighted by atomic mass is 16.5. The fourth-order valence-corrected chi connectivity index (χ4v) is 3.45. The van der Waals surface area contributed by atoms with E-state index in [1.54, 1.807) is 6.07 Å². The van der Waals surface area contributed by atoms with Crippen LogP contribution in [0.25, 0.3) is 0 Å². The number of phenolic OH excluding ortho intramolecular Hbond substituents is 1. The summed E-state index contributed by atoms with van der Waals surface area (Å²) in [4.78, 5) is 24.3. The molecule has 6 heteroatoms. The Hall–Kier alpha value is -3.02. The van der Waals surface area contributed by atoms with Crippen LogP contribution in [-0.4, -0.2) is 30.7 Å². The summed E-state index contributed by atoms with van der Waals surface area (Å²) >= 11 is 0. The number of hydrogen-bond donors (Lipinski definition) is 2. The highest BCUT2D eigenvalue weighted by Gasteiger charge is 2.19. The molecule has 0 saturated carbocycles. The lowest BCUT2D eigenvalue weighted by molar-refractivity contribution is -0.124. The van der Waals surface area contributed by atoms with Crippen LogP contribution >= 0.6 is 0 Å². The number of benzene rings is 2. The third kappa shape index (κ3) is 4.44. The van der Waals surface area contributed by atoms with Gasteiger partial charge < -0.3 is 19.9 Å². The molecule has 3 rings (SSSR count). The Labute approximate surface area is 164 Å². The molecule has 0 aromatic heterocycles. The first-order valence-corrected chi connectivity index (χ1v) is 9.43. The summed E-state index contributed by atoms with van der Waals surface area (Å²) in [5.74, 6) is -1.33. The Balaban J connectivity index is 1.56. The molecule has 28 heavy (non-hydrogen) atoms. The van der Waals surface area contributed by atoms with Gasteiger partial charge in [-0.2, -0.15) is 0 Å². The number of rotatable bonds is 6. The summed E-state index contributed by atoms with van der Waals surface area (Å²) in [7, 11) is 1.39. The monoisotopic (exact) mass is 383 g/mol. The van der Waals surface area contributed by atoms with Crippen molar-refractivity contribution in [3.05, 3.63) is 58.7 Å². The van der Waals surface area contributed by atoms with E-state index in [-0.39, 0.29) is 23.1 Å². The van der Waals surface area contributed by atoms with Crippen molar-refractivity contribution in [2.75, 3.05) is 13.7 Å². The number of esters is 1. The molecular weight excluding hydrogens is 358 g/mol. The molecule has 0 fully saturated rings. The number of phenols is 1. The van der Waals surface area contributed by atoms with Gasteiger partial charge in [0.25, 0.3) is 5.91 Å². The van der Waals surface area contributed by atoms with Crippen LogP contribution in [0.3, 0.4) is 0 Å². The van der Waals surface area contributed by atoms with Crippen LogP contribution in [0.15, 0.2) is 36.4 Å². The molecule has 0 radical (unpaired) electrons. The van der Waals surface area contributed by atoms with E-state index >= 15 is 0 Å². The molecule has 2 aromatic rings. The molecule has 1 atom stereocenters. The average molecular weight is 383 g/mol. The fraction of sp³-hybridized carbons (Fsp3) is 0.364. The highest BCUT2D eigenvalue weighted by molar-refractivity contribution is 5.94. The second kappa shape index (κ2) is 8.78. The second-order valence-corrected chi connectivity index (χ2v) is 6.96. The van der Waals surface area contributed by atoms with Gasteiger partial charge in [-0.1, -0.05) is 24.3 Å². The average Bonchev–Trinajstić information content (AvgIpc) is 2.71. The number of carbonyl (C=O) groups excluding carboxylic acids is 2. The molecule has 0 bridgehead atoms. The van der Waals surface area contributed by atoms with Gasteiger partial charge >= 0.3 is 5.97 Å². The lowest BCUT2D eigenvalue weighted by atomic mass is 9.89. The first kappa shape index (κ1) is 19.7. The zero-order valence-corrected chi connectivity index (χ0v) is 16.2. The molecule has 1 aliphatic carbocycles. The van der Waals surface area contributed by atoms with E-state index in [9.17, 15) is 14.7 Å². The van der Waals surface area contributed by atoms with Gasteiger partial charge in [-0.15, -0.1) is 0 Å². The molecule has 1 unspecified atom stereocenters. The first-order chi connectivity index (χ1) is 13.5. The minimum absolute atomic E-state index is 0.0464. The quantitative estimate of drug-likeness (QED) is 0.748. The molecule has 2 N–H and O–H groups in total. The van der Waals surface area contributed by atoms with Crippen LogP contribution in [0.1, 0.15) is 52.9 Å². The third-order valence-electron chi connectivity index (χ3n) is 5.02. The molecule has 0 spiro atoms. The number of aromatic hydroxyl groups is 1. The molecule has 6 nitrogen and oxygen atoms in total. The summed E-state index contributed by atoms with van der Waals surface area (Å²) in [5.41, 5.74) is 3.73. The maximum Gasteiger partial charge on any atom is 0.342 e. The van der Waals surface area contributed by atoms with Crippen molar-refractivity contribution in [2.24, 2.45) is 0 Å². The Bertz CT molecular complexity index is 877. The summed E-state index contributed by atoms with van der Waals surface area (Å²) in [5, 5.41) is 12.8. The van der Waals surface area contributed by atoms with E-state index in [0.29, 0.717) is 0 Å². The number of aryl methyl sites for hydroxylation is 2. The van der Waals surface area contributed by atoms with Crippen LogP contribution < -0.4 is 10.1 Å². The lowest BCUT2D eigenvalue weighted by Gasteiger charge is -2.20. The van der Waals surface area contributed by atoms with Crippen LogP contribution in [0, 0.1) is 0 Å². The Kier molecular flexibility index (Phi) is 6.19. The van der Waals surface area contributed by atoms with E-state index in [1.165, 1.54) is 43.2 Å².